The summed E-state index contributed by atoms with van der Waals surface area (Å²) in [6.07, 6.45) is 2.30. The lowest BCUT2D eigenvalue weighted by Crippen LogP contribution is -2.51. The number of amides is 1. The normalized spacial score (nSPS) is 27.3. The first-order chi connectivity index (χ1) is 7.81. The molecule has 2 aliphatic rings. The quantitative estimate of drug-likeness (QED) is 0.737. The monoisotopic (exact) mass is 306 g/mol. The first-order valence-electron chi connectivity index (χ1n) is 6.00. The Labute approximate surface area is 110 Å². The average Bonchev–Trinajstić information content (AvgIpc) is 2.83. The van der Waals surface area contributed by atoms with Gasteiger partial charge in [0.15, 0.2) is 0 Å². The molecule has 92 valence electrons. The Bertz CT molecular complexity index is 238. The summed E-state index contributed by atoms with van der Waals surface area (Å²) in [5.41, 5.74) is 0. The smallest absolute Gasteiger partial charge is 0.235 e. The van der Waals surface area contributed by atoms with Crippen molar-refractivity contribution in [3.05, 3.63) is 0 Å². The number of alkyl halides is 1. The van der Waals surface area contributed by atoms with Gasteiger partial charge in [-0.3, -0.25) is 9.69 Å². The van der Waals surface area contributed by atoms with Gasteiger partial charge in [-0.25, -0.2) is 0 Å². The first-order valence-corrected chi connectivity index (χ1v) is 8.17. The fraction of sp³-hybridized carbons (Fsp3) is 0.909. The molecule has 0 aromatic carbocycles. The zero-order valence-electron chi connectivity index (χ0n) is 9.53. The van der Waals surface area contributed by atoms with E-state index in [1.165, 1.54) is 12.2 Å². The molecule has 0 bridgehead atoms. The third-order valence-electron chi connectivity index (χ3n) is 3.29. The molecule has 0 spiro atoms. The summed E-state index contributed by atoms with van der Waals surface area (Å²) in [7, 11) is 0. The third kappa shape index (κ3) is 3.14. The lowest BCUT2D eigenvalue weighted by Gasteiger charge is -2.35. The van der Waals surface area contributed by atoms with Crippen molar-refractivity contribution in [1.82, 2.24) is 9.80 Å². The summed E-state index contributed by atoms with van der Waals surface area (Å²) >= 11 is 5.30. The molecular formula is C11H19BrN2OS. The maximum Gasteiger partial charge on any atom is 0.235 e. The van der Waals surface area contributed by atoms with Gasteiger partial charge >= 0.3 is 0 Å². The topological polar surface area (TPSA) is 23.6 Å². The molecular weight excluding hydrogens is 288 g/mol. The van der Waals surface area contributed by atoms with Crippen molar-refractivity contribution >= 4 is 33.6 Å². The second kappa shape index (κ2) is 6.26. The van der Waals surface area contributed by atoms with Gasteiger partial charge in [0, 0.05) is 38.1 Å². The number of carbonyl (C=O) groups excluding carboxylic acids is 1. The van der Waals surface area contributed by atoms with Crippen LogP contribution in [-0.4, -0.2) is 64.8 Å². The van der Waals surface area contributed by atoms with Gasteiger partial charge in [0.05, 0.1) is 5.25 Å². The molecule has 1 amide bonds. The zero-order valence-corrected chi connectivity index (χ0v) is 11.9. The molecule has 0 aromatic rings. The molecule has 16 heavy (non-hydrogen) atoms. The maximum absolute atomic E-state index is 12.1. The molecule has 1 atom stereocenters. The number of nitrogens with zero attached hydrogens (tertiary/aromatic N) is 2. The van der Waals surface area contributed by atoms with Crippen molar-refractivity contribution in [3.8, 4) is 0 Å². The molecule has 2 rings (SSSR count). The Morgan fingerprint density at radius 2 is 2.06 bits per heavy atom. The number of piperazine rings is 1. The highest BCUT2D eigenvalue weighted by Gasteiger charge is 2.29. The summed E-state index contributed by atoms with van der Waals surface area (Å²) in [4.78, 5) is 16.6. The largest absolute Gasteiger partial charge is 0.339 e. The molecule has 0 radical (unpaired) electrons. The number of hydrogen-bond acceptors (Lipinski definition) is 3. The molecule has 0 aromatic heterocycles. The Hall–Kier alpha value is 0.260. The van der Waals surface area contributed by atoms with Crippen LogP contribution in [0.2, 0.25) is 0 Å². The number of thioether (sulfide) groups is 1. The van der Waals surface area contributed by atoms with Gasteiger partial charge in [0.2, 0.25) is 5.91 Å². The maximum atomic E-state index is 12.1. The highest BCUT2D eigenvalue weighted by molar-refractivity contribution is 9.09. The van der Waals surface area contributed by atoms with E-state index in [-0.39, 0.29) is 5.25 Å². The Morgan fingerprint density at radius 1 is 1.31 bits per heavy atom. The molecule has 1 unspecified atom stereocenters. The van der Waals surface area contributed by atoms with Crippen molar-refractivity contribution in [2.45, 2.75) is 18.1 Å². The predicted molar refractivity (Wildman–Crippen MR) is 72.3 cm³/mol. The molecule has 0 aliphatic carbocycles. The van der Waals surface area contributed by atoms with Crippen LogP contribution < -0.4 is 0 Å². The fourth-order valence-corrected chi connectivity index (χ4v) is 4.03. The lowest BCUT2D eigenvalue weighted by molar-refractivity contribution is -0.132. The van der Waals surface area contributed by atoms with Crippen LogP contribution in [0.25, 0.3) is 0 Å². The van der Waals surface area contributed by atoms with Crippen LogP contribution in [0, 0.1) is 0 Å². The minimum Gasteiger partial charge on any atom is -0.339 e. The lowest BCUT2D eigenvalue weighted by atomic mass is 10.2. The summed E-state index contributed by atoms with van der Waals surface area (Å²) in [5.74, 6) is 1.56. The van der Waals surface area contributed by atoms with E-state index in [0.29, 0.717) is 5.91 Å². The molecule has 2 aliphatic heterocycles. The minimum atomic E-state index is 0.266. The van der Waals surface area contributed by atoms with Gasteiger partial charge in [0.25, 0.3) is 0 Å². The number of carbonyl (C=O) groups is 1. The van der Waals surface area contributed by atoms with Crippen molar-refractivity contribution in [2.24, 2.45) is 0 Å². The second-order valence-corrected chi connectivity index (χ2v) is 6.46. The Morgan fingerprint density at radius 3 is 2.62 bits per heavy atom. The van der Waals surface area contributed by atoms with Gasteiger partial charge in [-0.05, 0) is 18.6 Å². The van der Waals surface area contributed by atoms with Crippen LogP contribution in [0.3, 0.4) is 0 Å². The van der Waals surface area contributed by atoms with E-state index in [4.69, 9.17) is 0 Å². The van der Waals surface area contributed by atoms with Crippen LogP contribution >= 0.6 is 27.7 Å². The Kier molecular flexibility index (Phi) is 4.97. The van der Waals surface area contributed by atoms with Gasteiger partial charge in [-0.1, -0.05) is 15.9 Å². The predicted octanol–water partition coefficient (Wildman–Crippen LogP) is 1.42. The molecule has 0 saturated carbocycles. The van der Waals surface area contributed by atoms with Crippen LogP contribution in [0.1, 0.15) is 12.8 Å². The molecule has 2 heterocycles. The Balaban J connectivity index is 1.77. The van der Waals surface area contributed by atoms with Gasteiger partial charge in [-0.2, -0.15) is 0 Å². The van der Waals surface area contributed by atoms with Crippen LogP contribution in [0.5, 0.6) is 0 Å². The van der Waals surface area contributed by atoms with Crippen LogP contribution in [0.15, 0.2) is 0 Å². The van der Waals surface area contributed by atoms with Gasteiger partial charge in [-0.15, -0.1) is 11.8 Å². The second-order valence-electron chi connectivity index (χ2n) is 4.36. The van der Waals surface area contributed by atoms with E-state index >= 15 is 0 Å². The van der Waals surface area contributed by atoms with E-state index in [0.717, 1.165) is 44.5 Å². The van der Waals surface area contributed by atoms with Crippen LogP contribution in [-0.2, 0) is 4.79 Å². The summed E-state index contributed by atoms with van der Waals surface area (Å²) in [5, 5.41) is 1.29. The SMILES string of the molecule is O=C(C1CCCS1)N1CCN(CCBr)CC1. The van der Waals surface area contributed by atoms with Gasteiger partial charge < -0.3 is 4.90 Å². The average molecular weight is 307 g/mol. The van der Waals surface area contributed by atoms with Crippen molar-refractivity contribution in [3.63, 3.8) is 0 Å². The standard InChI is InChI=1S/C11H19BrN2OS/c12-3-4-13-5-7-14(8-6-13)11(15)10-2-1-9-16-10/h10H,1-9H2. The van der Waals surface area contributed by atoms with Crippen molar-refractivity contribution in [2.75, 3.05) is 43.8 Å². The first kappa shape index (κ1) is 12.7. The molecule has 2 fully saturated rings. The van der Waals surface area contributed by atoms with Gasteiger partial charge in [0.1, 0.15) is 0 Å². The summed E-state index contributed by atoms with van der Waals surface area (Å²) in [6.45, 7) is 5.01. The van der Waals surface area contributed by atoms with Crippen molar-refractivity contribution < 1.29 is 4.79 Å². The zero-order chi connectivity index (χ0) is 11.4. The molecule has 5 heteroatoms. The van der Waals surface area contributed by atoms with E-state index in [9.17, 15) is 4.79 Å². The van der Waals surface area contributed by atoms with E-state index < -0.39 is 0 Å². The van der Waals surface area contributed by atoms with Crippen LogP contribution in [0.4, 0.5) is 0 Å². The molecule has 3 nitrogen and oxygen atoms in total. The number of halogens is 1. The summed E-state index contributed by atoms with van der Waals surface area (Å²) in [6, 6.07) is 0. The van der Waals surface area contributed by atoms with Crippen molar-refractivity contribution in [1.29, 1.82) is 0 Å². The molecule has 2 saturated heterocycles. The fourth-order valence-electron chi connectivity index (χ4n) is 2.29. The summed E-state index contributed by atoms with van der Waals surface area (Å²) < 4.78 is 0. The highest BCUT2D eigenvalue weighted by atomic mass is 79.9. The number of rotatable bonds is 3. The number of hydrogen-bond donors (Lipinski definition) is 0. The van der Waals surface area contributed by atoms with E-state index in [1.54, 1.807) is 0 Å². The third-order valence-corrected chi connectivity index (χ3v) is 5.01. The highest BCUT2D eigenvalue weighted by Crippen LogP contribution is 2.27. The van der Waals surface area contributed by atoms with E-state index in [2.05, 4.69) is 25.7 Å². The minimum absolute atomic E-state index is 0.266. The molecule has 0 N–H and O–H groups in total. The van der Waals surface area contributed by atoms with E-state index in [1.807, 2.05) is 11.8 Å².